The second-order valence-corrected chi connectivity index (χ2v) is 7.09. The maximum atomic E-state index is 12.6. The fourth-order valence-corrected chi connectivity index (χ4v) is 3.45. The summed E-state index contributed by atoms with van der Waals surface area (Å²) in [5.41, 5.74) is 5.30. The lowest BCUT2D eigenvalue weighted by Gasteiger charge is -2.34. The smallest absolute Gasteiger partial charge is 0.264 e. The van der Waals surface area contributed by atoms with Crippen molar-refractivity contribution in [3.05, 3.63) is 22.4 Å². The summed E-state index contributed by atoms with van der Waals surface area (Å²) in [6.45, 7) is 4.51. The molecule has 0 aliphatic carbocycles. The van der Waals surface area contributed by atoms with E-state index in [0.717, 1.165) is 12.8 Å². The van der Waals surface area contributed by atoms with Gasteiger partial charge in [-0.05, 0) is 56.8 Å². The van der Waals surface area contributed by atoms with Gasteiger partial charge in [0.15, 0.2) is 5.11 Å². The normalized spacial score (nSPS) is 17.7. The molecule has 1 fully saturated rings. The fraction of sp³-hybridized carbons (Fsp3) is 0.533. The number of carbonyl (C=O) groups excluding carboxylic acids is 2. The van der Waals surface area contributed by atoms with Crippen molar-refractivity contribution in [2.45, 2.75) is 45.2 Å². The summed E-state index contributed by atoms with van der Waals surface area (Å²) < 4.78 is 0. The van der Waals surface area contributed by atoms with Gasteiger partial charge in [-0.15, -0.1) is 11.3 Å². The number of likely N-dealkylation sites (tertiary alicyclic amines) is 1. The summed E-state index contributed by atoms with van der Waals surface area (Å²) in [7, 11) is 0. The minimum absolute atomic E-state index is 0.0808. The van der Waals surface area contributed by atoms with Crippen LogP contribution in [0.3, 0.4) is 0 Å². The minimum Gasteiger partial charge on any atom is -0.359 e. The molecule has 1 atom stereocenters. The van der Waals surface area contributed by atoms with Crippen LogP contribution in [0, 0.1) is 0 Å². The molecule has 0 saturated carbocycles. The summed E-state index contributed by atoms with van der Waals surface area (Å²) in [5, 5.41) is 5.21. The molecule has 1 saturated heterocycles. The topological polar surface area (TPSA) is 73.5 Å². The van der Waals surface area contributed by atoms with Gasteiger partial charge in [0.1, 0.15) is 6.04 Å². The summed E-state index contributed by atoms with van der Waals surface area (Å²) in [4.78, 5) is 27.3. The van der Waals surface area contributed by atoms with Gasteiger partial charge in [-0.2, -0.15) is 0 Å². The zero-order chi connectivity index (χ0) is 16.8. The molecule has 0 radical (unpaired) electrons. The van der Waals surface area contributed by atoms with Crippen LogP contribution in [-0.4, -0.2) is 40.5 Å². The zero-order valence-corrected chi connectivity index (χ0v) is 14.9. The molecule has 1 aromatic rings. The number of nitrogens with zero attached hydrogens (tertiary/aromatic N) is 1. The first-order valence-corrected chi connectivity index (χ1v) is 8.98. The van der Waals surface area contributed by atoms with Gasteiger partial charge in [-0.3, -0.25) is 20.4 Å². The third kappa shape index (κ3) is 4.90. The molecule has 2 amide bonds. The van der Waals surface area contributed by atoms with Crippen molar-refractivity contribution in [3.63, 3.8) is 0 Å². The number of thiocarbonyl (C=S) groups is 1. The van der Waals surface area contributed by atoms with Crippen molar-refractivity contribution in [2.24, 2.45) is 0 Å². The molecule has 0 spiro atoms. The first-order chi connectivity index (χ1) is 11.0. The second kappa shape index (κ2) is 8.26. The minimum atomic E-state index is -0.465. The zero-order valence-electron chi connectivity index (χ0n) is 13.3. The van der Waals surface area contributed by atoms with Gasteiger partial charge in [0, 0.05) is 12.6 Å². The fourth-order valence-electron chi connectivity index (χ4n) is 2.49. The molecular weight excluding hydrogens is 332 g/mol. The van der Waals surface area contributed by atoms with E-state index in [2.05, 4.69) is 16.2 Å². The Kier molecular flexibility index (Phi) is 6.35. The predicted molar refractivity (Wildman–Crippen MR) is 95.1 cm³/mol. The number of hydrogen-bond donors (Lipinski definition) is 3. The van der Waals surface area contributed by atoms with Crippen molar-refractivity contribution in [1.82, 2.24) is 21.1 Å². The average molecular weight is 355 g/mol. The predicted octanol–water partition coefficient (Wildman–Crippen LogP) is 1.65. The van der Waals surface area contributed by atoms with Gasteiger partial charge < -0.3 is 10.2 Å². The number of rotatable bonds is 3. The number of nitrogens with one attached hydrogen (secondary N) is 3. The Labute approximate surface area is 145 Å². The molecule has 6 nitrogen and oxygen atoms in total. The van der Waals surface area contributed by atoms with Crippen LogP contribution in [0.15, 0.2) is 17.5 Å². The largest absolute Gasteiger partial charge is 0.359 e. The summed E-state index contributed by atoms with van der Waals surface area (Å²) in [6, 6.07) is 3.34. The molecule has 1 aliphatic heterocycles. The molecule has 1 aromatic heterocycles. The van der Waals surface area contributed by atoms with Crippen LogP contribution < -0.4 is 16.2 Å². The van der Waals surface area contributed by atoms with Crippen molar-refractivity contribution in [3.8, 4) is 0 Å². The average Bonchev–Trinajstić information content (AvgIpc) is 3.05. The van der Waals surface area contributed by atoms with Gasteiger partial charge in [-0.25, -0.2) is 0 Å². The van der Waals surface area contributed by atoms with Crippen molar-refractivity contribution < 1.29 is 9.59 Å². The summed E-state index contributed by atoms with van der Waals surface area (Å²) >= 11 is 6.47. The van der Waals surface area contributed by atoms with E-state index in [1.165, 1.54) is 11.3 Å². The maximum absolute atomic E-state index is 12.6. The van der Waals surface area contributed by atoms with E-state index in [4.69, 9.17) is 12.2 Å². The molecule has 1 unspecified atom stereocenters. The standard InChI is InChI=1S/C15H22N4O2S2/c1-10(2)16-15(22)18-17-13(20)11-6-3-4-8-19(11)14(21)12-7-5-9-23-12/h5,7,9-11H,3-4,6,8H2,1-2H3,(H,17,20)(H2,16,18,22). The van der Waals surface area contributed by atoms with Crippen LogP contribution in [0.25, 0.3) is 0 Å². The molecule has 2 heterocycles. The SMILES string of the molecule is CC(C)NC(=S)NNC(=O)C1CCCCN1C(=O)c1cccs1. The Morgan fingerprint density at radius 3 is 2.78 bits per heavy atom. The second-order valence-electron chi connectivity index (χ2n) is 5.73. The van der Waals surface area contributed by atoms with E-state index in [0.29, 0.717) is 23.0 Å². The van der Waals surface area contributed by atoms with Crippen molar-refractivity contribution in [1.29, 1.82) is 0 Å². The third-order valence-corrected chi connectivity index (χ3v) is 4.60. The highest BCUT2D eigenvalue weighted by atomic mass is 32.1. The lowest BCUT2D eigenvalue weighted by atomic mass is 10.0. The number of piperidine rings is 1. The number of thiophene rings is 1. The van der Waals surface area contributed by atoms with Gasteiger partial charge in [0.25, 0.3) is 11.8 Å². The molecule has 0 bridgehead atoms. The summed E-state index contributed by atoms with van der Waals surface area (Å²) in [6.07, 6.45) is 2.51. The highest BCUT2D eigenvalue weighted by Crippen LogP contribution is 2.21. The molecule has 126 valence electrons. The van der Waals surface area contributed by atoms with Gasteiger partial charge in [0.2, 0.25) is 0 Å². The van der Waals surface area contributed by atoms with Crippen LogP contribution >= 0.6 is 23.6 Å². The first kappa shape index (κ1) is 17.7. The highest BCUT2D eigenvalue weighted by Gasteiger charge is 2.33. The van der Waals surface area contributed by atoms with Crippen LogP contribution in [0.4, 0.5) is 0 Å². The number of amides is 2. The van der Waals surface area contributed by atoms with Crippen molar-refractivity contribution >= 4 is 40.5 Å². The Morgan fingerprint density at radius 2 is 2.13 bits per heavy atom. The first-order valence-electron chi connectivity index (χ1n) is 7.70. The van der Waals surface area contributed by atoms with E-state index in [1.54, 1.807) is 11.0 Å². The molecule has 8 heteroatoms. The highest BCUT2D eigenvalue weighted by molar-refractivity contribution is 7.80. The van der Waals surface area contributed by atoms with Crippen molar-refractivity contribution in [2.75, 3.05) is 6.54 Å². The Morgan fingerprint density at radius 1 is 1.35 bits per heavy atom. The molecule has 2 rings (SSSR count). The van der Waals surface area contributed by atoms with Gasteiger partial charge in [0.05, 0.1) is 4.88 Å². The summed E-state index contributed by atoms with van der Waals surface area (Å²) in [5.74, 6) is -0.315. The maximum Gasteiger partial charge on any atom is 0.264 e. The van der Waals surface area contributed by atoms with E-state index in [-0.39, 0.29) is 17.9 Å². The van der Waals surface area contributed by atoms with E-state index in [9.17, 15) is 9.59 Å². The molecule has 0 aromatic carbocycles. The number of hydrogen-bond acceptors (Lipinski definition) is 4. The van der Waals surface area contributed by atoms with E-state index in [1.807, 2.05) is 25.3 Å². The van der Waals surface area contributed by atoms with E-state index >= 15 is 0 Å². The third-order valence-electron chi connectivity index (χ3n) is 3.52. The molecule has 3 N–H and O–H groups in total. The van der Waals surface area contributed by atoms with Crippen LogP contribution in [-0.2, 0) is 4.79 Å². The lowest BCUT2D eigenvalue weighted by molar-refractivity contribution is -0.127. The van der Waals surface area contributed by atoms with Crippen LogP contribution in [0.5, 0.6) is 0 Å². The van der Waals surface area contributed by atoms with Gasteiger partial charge >= 0.3 is 0 Å². The Hall–Kier alpha value is -1.67. The Bertz CT molecular complexity index is 560. The quantitative estimate of drug-likeness (QED) is 0.569. The number of carbonyl (C=O) groups is 2. The molecule has 23 heavy (non-hydrogen) atoms. The monoisotopic (exact) mass is 354 g/mol. The molecular formula is C15H22N4O2S2. The Balaban J connectivity index is 1.96. The van der Waals surface area contributed by atoms with Crippen LogP contribution in [0.1, 0.15) is 42.8 Å². The van der Waals surface area contributed by atoms with Crippen LogP contribution in [0.2, 0.25) is 0 Å². The van der Waals surface area contributed by atoms with E-state index < -0.39 is 6.04 Å². The number of hydrazine groups is 1. The lowest BCUT2D eigenvalue weighted by Crippen LogP contribution is -2.57. The molecule has 1 aliphatic rings. The van der Waals surface area contributed by atoms with Gasteiger partial charge in [-0.1, -0.05) is 6.07 Å².